The quantitative estimate of drug-likeness (QED) is 0.627. The summed E-state index contributed by atoms with van der Waals surface area (Å²) < 4.78 is 12.9. The van der Waals surface area contributed by atoms with E-state index in [4.69, 9.17) is 11.6 Å². The molecule has 1 aromatic heterocycles. The molecule has 0 atom stereocenters. The normalized spacial score (nSPS) is 9.64. The van der Waals surface area contributed by atoms with Crippen LogP contribution in [0.2, 0.25) is 5.02 Å². The molecule has 0 saturated carbocycles. The molecule has 0 saturated heterocycles. The van der Waals surface area contributed by atoms with E-state index >= 15 is 0 Å². The van der Waals surface area contributed by atoms with Gasteiger partial charge in [0.1, 0.15) is 0 Å². The number of rotatable bonds is 2. The number of hydrogen-bond acceptors (Lipinski definition) is 2. The maximum atomic E-state index is 12.9. The molecule has 0 aliphatic rings. The Morgan fingerprint density at radius 1 is 1.73 bits per heavy atom. The van der Waals surface area contributed by atoms with Gasteiger partial charge in [-0.1, -0.05) is 11.6 Å². The van der Waals surface area contributed by atoms with Crippen LogP contribution in [0.25, 0.3) is 0 Å². The highest BCUT2D eigenvalue weighted by molar-refractivity contribution is 6.30. The first-order valence-electron chi connectivity index (χ1n) is 2.97. The third-order valence-corrected chi connectivity index (χ3v) is 1.47. The van der Waals surface area contributed by atoms with Crippen molar-refractivity contribution in [2.24, 2.45) is 4.99 Å². The average molecular weight is 173 g/mol. The fourth-order valence-electron chi connectivity index (χ4n) is 0.676. The van der Waals surface area contributed by atoms with Crippen LogP contribution in [0, 0.1) is 5.82 Å². The van der Waals surface area contributed by atoms with Gasteiger partial charge in [-0.25, -0.2) is 4.39 Å². The summed E-state index contributed by atoms with van der Waals surface area (Å²) in [7, 11) is 0. The highest BCUT2D eigenvalue weighted by Crippen LogP contribution is 2.15. The van der Waals surface area contributed by atoms with E-state index in [0.717, 1.165) is 0 Å². The number of hydrogen-bond donors (Lipinski definition) is 0. The van der Waals surface area contributed by atoms with E-state index in [1.807, 2.05) is 0 Å². The summed E-state index contributed by atoms with van der Waals surface area (Å²) in [4.78, 5) is 7.23. The molecule has 0 aromatic carbocycles. The lowest BCUT2D eigenvalue weighted by molar-refractivity contribution is 0.601. The molecule has 4 heteroatoms. The number of nitrogens with zero attached hydrogens (tertiary/aromatic N) is 2. The van der Waals surface area contributed by atoms with E-state index in [-0.39, 0.29) is 17.3 Å². The Balaban J connectivity index is 3.05. The smallest absolute Gasteiger partial charge is 0.165 e. The van der Waals surface area contributed by atoms with Gasteiger partial charge < -0.3 is 0 Å². The first kappa shape index (κ1) is 8.14. The Kier molecular flexibility index (Phi) is 2.54. The van der Waals surface area contributed by atoms with Gasteiger partial charge in [-0.2, -0.15) is 0 Å². The zero-order chi connectivity index (χ0) is 8.27. The third-order valence-electron chi connectivity index (χ3n) is 1.18. The van der Waals surface area contributed by atoms with Crippen LogP contribution >= 0.6 is 11.6 Å². The predicted molar refractivity (Wildman–Crippen MR) is 42.5 cm³/mol. The summed E-state index contributed by atoms with van der Waals surface area (Å²) in [6, 6.07) is 1.39. The van der Waals surface area contributed by atoms with E-state index in [9.17, 15) is 4.39 Å². The molecule has 11 heavy (non-hydrogen) atoms. The van der Waals surface area contributed by atoms with Gasteiger partial charge in [0.2, 0.25) is 0 Å². The van der Waals surface area contributed by atoms with E-state index in [0.29, 0.717) is 0 Å². The lowest BCUT2D eigenvalue weighted by Crippen LogP contribution is -1.92. The second kappa shape index (κ2) is 3.44. The summed E-state index contributed by atoms with van der Waals surface area (Å²) in [6.45, 7) is 3.39. The van der Waals surface area contributed by atoms with Crippen LogP contribution in [0.1, 0.15) is 5.69 Å². The van der Waals surface area contributed by atoms with Crippen LogP contribution in [0.15, 0.2) is 17.3 Å². The Morgan fingerprint density at radius 3 is 3.09 bits per heavy atom. The third kappa shape index (κ3) is 1.74. The molecule has 0 spiro atoms. The molecule has 0 fully saturated rings. The Bertz CT molecular complexity index is 275. The Labute approximate surface area is 68.7 Å². The van der Waals surface area contributed by atoms with Crippen molar-refractivity contribution in [1.29, 1.82) is 0 Å². The SMILES string of the molecule is C=NCc1nccc(Cl)c1F. The molecule has 0 radical (unpaired) electrons. The van der Waals surface area contributed by atoms with Crippen molar-refractivity contribution in [3.8, 4) is 0 Å². The van der Waals surface area contributed by atoms with Crippen molar-refractivity contribution in [1.82, 2.24) is 4.98 Å². The molecule has 0 unspecified atom stereocenters. The second-order valence-electron chi connectivity index (χ2n) is 1.94. The van der Waals surface area contributed by atoms with Crippen LogP contribution in [-0.4, -0.2) is 11.7 Å². The van der Waals surface area contributed by atoms with E-state index < -0.39 is 5.82 Å². The van der Waals surface area contributed by atoms with Crippen molar-refractivity contribution < 1.29 is 4.39 Å². The summed E-state index contributed by atoms with van der Waals surface area (Å²) in [5, 5.41) is 0.0682. The molecule has 0 aliphatic heterocycles. The predicted octanol–water partition coefficient (Wildman–Crippen LogP) is 2.07. The van der Waals surface area contributed by atoms with Crippen LogP contribution < -0.4 is 0 Å². The minimum absolute atomic E-state index is 0.0682. The van der Waals surface area contributed by atoms with Gasteiger partial charge in [0.25, 0.3) is 0 Å². The van der Waals surface area contributed by atoms with Crippen LogP contribution in [0.3, 0.4) is 0 Å². The Hall–Kier alpha value is -0.960. The highest BCUT2D eigenvalue weighted by Gasteiger charge is 2.05. The first-order chi connectivity index (χ1) is 5.25. The number of aromatic nitrogens is 1. The average Bonchev–Trinajstić information content (AvgIpc) is 1.99. The van der Waals surface area contributed by atoms with Crippen molar-refractivity contribution in [2.75, 3.05) is 0 Å². The molecule has 0 aliphatic carbocycles. The molecule has 2 nitrogen and oxygen atoms in total. The summed E-state index contributed by atoms with van der Waals surface area (Å²) in [5.74, 6) is -0.512. The molecule has 58 valence electrons. The standard InChI is InChI=1S/C7H6ClFN2/c1-10-4-6-7(9)5(8)2-3-11-6/h2-3H,1,4H2. The lowest BCUT2D eigenvalue weighted by atomic mass is 10.3. The number of aliphatic imine (C=N–C) groups is 1. The summed E-state index contributed by atoms with van der Waals surface area (Å²) in [5.41, 5.74) is 0.229. The number of pyridine rings is 1. The highest BCUT2D eigenvalue weighted by atomic mass is 35.5. The fraction of sp³-hybridized carbons (Fsp3) is 0.143. The molecular weight excluding hydrogens is 167 g/mol. The molecule has 0 amide bonds. The lowest BCUT2D eigenvalue weighted by Gasteiger charge is -1.98. The van der Waals surface area contributed by atoms with E-state index in [2.05, 4.69) is 16.7 Å². The molecule has 1 rings (SSSR count). The van der Waals surface area contributed by atoms with Crippen LogP contribution in [0.4, 0.5) is 4.39 Å². The van der Waals surface area contributed by atoms with E-state index in [1.54, 1.807) is 0 Å². The zero-order valence-electron chi connectivity index (χ0n) is 5.72. The molecular formula is C7H6ClFN2. The first-order valence-corrected chi connectivity index (χ1v) is 3.35. The molecule has 1 heterocycles. The zero-order valence-corrected chi connectivity index (χ0v) is 6.48. The molecule has 0 N–H and O–H groups in total. The van der Waals surface area contributed by atoms with Crippen LogP contribution in [-0.2, 0) is 6.54 Å². The summed E-state index contributed by atoms with van der Waals surface area (Å²) in [6.07, 6.45) is 1.44. The number of halogens is 2. The maximum absolute atomic E-state index is 12.9. The van der Waals surface area contributed by atoms with Crippen molar-refractivity contribution in [3.63, 3.8) is 0 Å². The summed E-state index contributed by atoms with van der Waals surface area (Å²) >= 11 is 5.47. The van der Waals surface area contributed by atoms with Gasteiger partial charge in [-0.3, -0.25) is 9.98 Å². The van der Waals surface area contributed by atoms with Gasteiger partial charge in [0.15, 0.2) is 5.82 Å². The largest absolute Gasteiger partial charge is 0.294 e. The van der Waals surface area contributed by atoms with Gasteiger partial charge in [0.05, 0.1) is 17.3 Å². The van der Waals surface area contributed by atoms with Crippen molar-refractivity contribution in [2.45, 2.75) is 6.54 Å². The van der Waals surface area contributed by atoms with Crippen molar-refractivity contribution in [3.05, 3.63) is 28.8 Å². The van der Waals surface area contributed by atoms with Crippen molar-refractivity contribution >= 4 is 18.3 Å². The molecule has 0 bridgehead atoms. The maximum Gasteiger partial charge on any atom is 0.165 e. The van der Waals surface area contributed by atoms with Gasteiger partial charge in [-0.15, -0.1) is 0 Å². The Morgan fingerprint density at radius 2 is 2.45 bits per heavy atom. The second-order valence-corrected chi connectivity index (χ2v) is 2.34. The van der Waals surface area contributed by atoms with Gasteiger partial charge in [0, 0.05) is 6.20 Å². The minimum atomic E-state index is -0.512. The topological polar surface area (TPSA) is 25.2 Å². The minimum Gasteiger partial charge on any atom is -0.294 e. The van der Waals surface area contributed by atoms with Gasteiger partial charge in [-0.05, 0) is 12.8 Å². The van der Waals surface area contributed by atoms with Crippen LogP contribution in [0.5, 0.6) is 0 Å². The van der Waals surface area contributed by atoms with E-state index in [1.165, 1.54) is 12.3 Å². The molecule has 1 aromatic rings. The fourth-order valence-corrected chi connectivity index (χ4v) is 0.842. The van der Waals surface area contributed by atoms with Gasteiger partial charge >= 0.3 is 0 Å². The monoisotopic (exact) mass is 172 g/mol.